The Kier molecular flexibility index (Phi) is 34.4. The average Bonchev–Trinajstić information content (AvgIpc) is 3.37. The van der Waals surface area contributed by atoms with Crippen LogP contribution in [-0.2, 0) is 66.3 Å². The number of nitrogens with zero attached hydrogens (tertiary/aromatic N) is 3. The molecular formula is C50H84ClN3O14S. The number of piperazine rings is 1. The molecule has 2 aliphatic heterocycles. The quantitative estimate of drug-likeness (QED) is 0.0762. The highest BCUT2D eigenvalue weighted by Gasteiger charge is 2.24. The Morgan fingerprint density at radius 1 is 0.449 bits per heavy atom. The van der Waals surface area contributed by atoms with E-state index >= 15 is 0 Å². The van der Waals surface area contributed by atoms with Gasteiger partial charge in [-0.05, 0) is 49.7 Å². The minimum Gasteiger partial charge on any atom is -0.379 e. The summed E-state index contributed by atoms with van der Waals surface area (Å²) in [6.07, 6.45) is 1.73. The first-order valence-corrected chi connectivity index (χ1v) is 26.0. The second-order valence-electron chi connectivity index (χ2n) is 16.4. The lowest BCUT2D eigenvalue weighted by Crippen LogP contribution is -2.47. The van der Waals surface area contributed by atoms with Crippen molar-refractivity contribution in [2.75, 3.05) is 217 Å². The predicted molar refractivity (Wildman–Crippen MR) is 268 cm³/mol. The van der Waals surface area contributed by atoms with E-state index in [9.17, 15) is 0 Å². The van der Waals surface area contributed by atoms with Crippen molar-refractivity contribution in [3.8, 4) is 0 Å². The van der Waals surface area contributed by atoms with Crippen molar-refractivity contribution in [3.63, 3.8) is 0 Å². The fourth-order valence-electron chi connectivity index (χ4n) is 7.28. The predicted octanol–water partition coefficient (Wildman–Crippen LogP) is 5.59. The highest BCUT2D eigenvalue weighted by molar-refractivity contribution is 7.99. The molecule has 0 aliphatic carbocycles. The average molecular weight is 1020 g/mol. The number of fused-ring (bicyclic) bond motifs is 2. The summed E-state index contributed by atoms with van der Waals surface area (Å²) >= 11 is 8.23. The molecule has 2 aromatic carbocycles. The summed E-state index contributed by atoms with van der Waals surface area (Å²) in [5.74, 6) is 0. The van der Waals surface area contributed by atoms with Crippen LogP contribution in [0.3, 0.4) is 0 Å². The van der Waals surface area contributed by atoms with Gasteiger partial charge in [0.05, 0.1) is 163 Å². The lowest BCUT2D eigenvalue weighted by molar-refractivity contribution is -0.0879. The molecule has 19 heteroatoms. The molecule has 4 rings (SSSR count). The molecule has 396 valence electrons. The van der Waals surface area contributed by atoms with Gasteiger partial charge >= 0.3 is 0 Å². The van der Waals surface area contributed by atoms with Crippen LogP contribution in [0.15, 0.2) is 52.3 Å². The summed E-state index contributed by atoms with van der Waals surface area (Å²) in [7, 11) is 4.97. The molecular weight excluding hydrogens is 934 g/mol. The number of rotatable bonds is 45. The van der Waals surface area contributed by atoms with Crippen LogP contribution in [0, 0.1) is 0 Å². The van der Waals surface area contributed by atoms with Gasteiger partial charge in [0.15, 0.2) is 0 Å². The number of hydrogen-bond acceptors (Lipinski definition) is 18. The second kappa shape index (κ2) is 39.7. The van der Waals surface area contributed by atoms with Crippen LogP contribution in [0.4, 0.5) is 11.4 Å². The van der Waals surface area contributed by atoms with Crippen LogP contribution in [0.2, 0.25) is 5.02 Å². The lowest BCUT2D eigenvalue weighted by atomic mass is 10.2. The van der Waals surface area contributed by atoms with Crippen LogP contribution in [0.1, 0.15) is 19.8 Å². The molecule has 0 N–H and O–H groups in total. The van der Waals surface area contributed by atoms with E-state index in [1.165, 1.54) is 21.2 Å². The Labute approximate surface area is 422 Å². The molecule has 0 bridgehead atoms. The largest absolute Gasteiger partial charge is 0.379 e. The smallest absolute Gasteiger partial charge is 0.104 e. The third kappa shape index (κ3) is 26.7. The summed E-state index contributed by atoms with van der Waals surface area (Å²) in [5, 5.41) is 0.780. The van der Waals surface area contributed by atoms with Crippen molar-refractivity contribution >= 4 is 34.7 Å². The van der Waals surface area contributed by atoms with E-state index in [0.29, 0.717) is 145 Å². The topological polar surface area (TPSA) is 139 Å². The Hall–Kier alpha value is -1.76. The molecule has 2 aromatic rings. The van der Waals surface area contributed by atoms with Gasteiger partial charge in [0, 0.05) is 75.4 Å². The van der Waals surface area contributed by atoms with Gasteiger partial charge < -0.3 is 76.1 Å². The van der Waals surface area contributed by atoms with Crippen molar-refractivity contribution < 1.29 is 66.3 Å². The molecule has 2 aliphatic rings. The molecule has 69 heavy (non-hydrogen) atoms. The number of halogens is 1. The van der Waals surface area contributed by atoms with Gasteiger partial charge in [-0.3, -0.25) is 4.90 Å². The van der Waals surface area contributed by atoms with Crippen LogP contribution < -0.4 is 4.90 Å². The normalized spacial score (nSPS) is 15.6. The van der Waals surface area contributed by atoms with Crippen molar-refractivity contribution in [2.24, 2.45) is 0 Å². The van der Waals surface area contributed by atoms with Crippen molar-refractivity contribution in [2.45, 2.75) is 47.9 Å². The maximum absolute atomic E-state index is 6.40. The molecule has 0 saturated carbocycles. The van der Waals surface area contributed by atoms with Gasteiger partial charge in [0.25, 0.3) is 0 Å². The molecule has 0 amide bonds. The van der Waals surface area contributed by atoms with Gasteiger partial charge in [-0.15, -0.1) is 0 Å². The summed E-state index contributed by atoms with van der Waals surface area (Å²) in [5.41, 5.74) is 2.48. The molecule has 0 radical (unpaired) electrons. The third-order valence-corrected chi connectivity index (χ3v) is 12.8. The van der Waals surface area contributed by atoms with Gasteiger partial charge in [-0.25, -0.2) is 0 Å². The molecule has 3 unspecified atom stereocenters. The van der Waals surface area contributed by atoms with Crippen LogP contribution in [0.25, 0.3) is 0 Å². The highest BCUT2D eigenvalue weighted by Crippen LogP contribution is 2.48. The number of ether oxygens (including phenoxy) is 14. The van der Waals surface area contributed by atoms with Crippen LogP contribution in [-0.4, -0.2) is 241 Å². The summed E-state index contributed by atoms with van der Waals surface area (Å²) in [6, 6.07) is 14.9. The second-order valence-corrected chi connectivity index (χ2v) is 17.9. The number of para-hydroxylation sites is 1. The Morgan fingerprint density at radius 3 is 1.33 bits per heavy atom. The number of methoxy groups -OCH3 is 3. The fraction of sp³-hybridized carbons (Fsp3) is 0.760. The first kappa shape index (κ1) is 59.8. The number of anilines is 2. The van der Waals surface area contributed by atoms with Crippen LogP contribution >= 0.6 is 23.4 Å². The monoisotopic (exact) mass is 1020 g/mol. The van der Waals surface area contributed by atoms with Crippen molar-refractivity contribution in [3.05, 3.63) is 47.5 Å². The Morgan fingerprint density at radius 2 is 0.855 bits per heavy atom. The number of hydrogen-bond donors (Lipinski definition) is 0. The molecule has 0 spiro atoms. The van der Waals surface area contributed by atoms with E-state index in [2.05, 4.69) is 58.0 Å². The maximum atomic E-state index is 6.40. The zero-order valence-corrected chi connectivity index (χ0v) is 43.6. The first-order chi connectivity index (χ1) is 34.0. The minimum atomic E-state index is -0.188. The first-order valence-electron chi connectivity index (χ1n) is 24.8. The molecule has 17 nitrogen and oxygen atoms in total. The Bertz CT molecular complexity index is 1540. The minimum absolute atomic E-state index is 0.0861. The van der Waals surface area contributed by atoms with E-state index in [1.807, 2.05) is 17.8 Å². The van der Waals surface area contributed by atoms with Gasteiger partial charge in [-0.2, -0.15) is 0 Å². The zero-order chi connectivity index (χ0) is 48.8. The zero-order valence-electron chi connectivity index (χ0n) is 42.0. The van der Waals surface area contributed by atoms with Gasteiger partial charge in [0.2, 0.25) is 0 Å². The molecule has 1 fully saturated rings. The summed E-state index contributed by atoms with van der Waals surface area (Å²) < 4.78 is 78.3. The molecule has 0 aromatic heterocycles. The SMILES string of the molecule is CCC(COCC(COCC(COCCOCCOCCOCCOCCOCCOCCOCCOCCN1CCN(CCCN2c3ccccc3Sc3ccc(Cl)cc32)CC1)OC)OC)OC. The van der Waals surface area contributed by atoms with Gasteiger partial charge in [-0.1, -0.05) is 42.4 Å². The van der Waals surface area contributed by atoms with Crippen LogP contribution in [0.5, 0.6) is 0 Å². The molecule has 3 atom stereocenters. The van der Waals surface area contributed by atoms with E-state index in [0.717, 1.165) is 63.7 Å². The van der Waals surface area contributed by atoms with Crippen molar-refractivity contribution in [1.82, 2.24) is 9.80 Å². The molecule has 1 saturated heterocycles. The van der Waals surface area contributed by atoms with E-state index in [-0.39, 0.29) is 18.3 Å². The van der Waals surface area contributed by atoms with Gasteiger partial charge in [0.1, 0.15) is 12.2 Å². The lowest BCUT2D eigenvalue weighted by Gasteiger charge is -2.36. The number of benzene rings is 2. The van der Waals surface area contributed by atoms with Crippen molar-refractivity contribution in [1.29, 1.82) is 0 Å². The Balaban J connectivity index is 0.808. The maximum Gasteiger partial charge on any atom is 0.104 e. The summed E-state index contributed by atoms with van der Waals surface area (Å²) in [6.45, 7) is 20.3. The summed E-state index contributed by atoms with van der Waals surface area (Å²) in [4.78, 5) is 10.1. The standard InChI is InChI=1S/C50H84ClN3O14S/c1-5-44(55-2)38-67-41-46(57-4)42-68-40-45(56-3)39-66-36-35-65-34-33-64-32-31-63-30-29-62-28-27-61-26-25-60-24-23-59-22-21-58-20-19-53-17-15-52(16-18-53)13-8-14-54-47-9-6-7-10-49(47)69-50-12-11-43(51)37-48(50)54/h6-7,9-12,37,44-46H,5,8,13-36,38-42H2,1-4H3. The van der Waals surface area contributed by atoms with E-state index in [1.54, 1.807) is 21.3 Å². The molecule has 2 heterocycles. The fourth-order valence-corrected chi connectivity index (χ4v) is 8.53. The highest BCUT2D eigenvalue weighted by atomic mass is 35.5. The third-order valence-electron chi connectivity index (χ3n) is 11.4. The van der Waals surface area contributed by atoms with E-state index < -0.39 is 0 Å². The van der Waals surface area contributed by atoms with E-state index in [4.69, 9.17) is 77.9 Å².